The molecule has 0 aliphatic carbocycles. The van der Waals surface area contributed by atoms with Gasteiger partial charge >= 0.3 is 0 Å². The molecule has 2 N–H and O–H groups in total. The molecule has 2 rings (SSSR count). The van der Waals surface area contributed by atoms with Crippen molar-refractivity contribution >= 4 is 13.8 Å². The number of nitrogens with zero attached hydrogens (tertiary/aromatic N) is 1. The highest BCUT2D eigenvalue weighted by Gasteiger charge is 2.25. The molecule has 0 saturated carbocycles. The highest BCUT2D eigenvalue weighted by molar-refractivity contribution is 6.13. The van der Waals surface area contributed by atoms with Crippen molar-refractivity contribution in [1.82, 2.24) is 15.5 Å². The summed E-state index contributed by atoms with van der Waals surface area (Å²) < 4.78 is 0. The Balaban J connectivity index is 1.71. The maximum Gasteiger partial charge on any atom is 0.236 e. The Morgan fingerprint density at radius 1 is 1.53 bits per heavy atom. The van der Waals surface area contributed by atoms with Crippen LogP contribution in [0.1, 0.15) is 19.3 Å². The SMILES string of the molecule is [B][C@@H]1CCCN1C(=O)CN[C@@H]1CCNC1. The number of carbonyl (C=O) groups is 1. The predicted molar refractivity (Wildman–Crippen MR) is 59.8 cm³/mol. The Kier molecular flexibility index (Phi) is 3.64. The molecule has 1 amide bonds. The smallest absolute Gasteiger partial charge is 0.236 e. The first-order chi connectivity index (χ1) is 7.27. The Labute approximate surface area is 92.2 Å². The Morgan fingerprint density at radius 3 is 3.00 bits per heavy atom. The summed E-state index contributed by atoms with van der Waals surface area (Å²) in [5.74, 6) is 0.0907. The van der Waals surface area contributed by atoms with Crippen molar-refractivity contribution in [2.45, 2.75) is 31.2 Å². The summed E-state index contributed by atoms with van der Waals surface area (Å²) in [4.78, 5) is 13.6. The lowest BCUT2D eigenvalue weighted by atomic mass is 9.94. The lowest BCUT2D eigenvalue weighted by Gasteiger charge is -2.23. The number of carbonyl (C=O) groups excluding carboxylic acids is 1. The molecule has 4 nitrogen and oxygen atoms in total. The average molecular weight is 207 g/mol. The van der Waals surface area contributed by atoms with Crippen LogP contribution in [0.4, 0.5) is 0 Å². The minimum atomic E-state index is -0.0546. The van der Waals surface area contributed by atoms with Crippen LogP contribution in [0.5, 0.6) is 0 Å². The number of hydrogen-bond donors (Lipinski definition) is 2. The summed E-state index contributed by atoms with van der Waals surface area (Å²) in [6, 6.07) is 0.452. The van der Waals surface area contributed by atoms with Crippen molar-refractivity contribution in [2.75, 3.05) is 26.2 Å². The summed E-state index contributed by atoms with van der Waals surface area (Å²) in [6.45, 7) is 3.28. The van der Waals surface area contributed by atoms with E-state index in [9.17, 15) is 4.79 Å². The summed E-state index contributed by atoms with van der Waals surface area (Å²) in [7, 11) is 5.83. The predicted octanol–water partition coefficient (Wildman–Crippen LogP) is -0.945. The molecule has 0 bridgehead atoms. The molecule has 2 atom stereocenters. The van der Waals surface area contributed by atoms with Crippen LogP contribution in [0.3, 0.4) is 0 Å². The Bertz CT molecular complexity index is 231. The van der Waals surface area contributed by atoms with Gasteiger partial charge in [-0.3, -0.25) is 4.79 Å². The number of nitrogens with one attached hydrogen (secondary N) is 2. The topological polar surface area (TPSA) is 44.4 Å². The van der Waals surface area contributed by atoms with Crippen molar-refractivity contribution in [3.63, 3.8) is 0 Å². The number of rotatable bonds is 3. The first kappa shape index (κ1) is 11.0. The zero-order valence-corrected chi connectivity index (χ0v) is 9.04. The van der Waals surface area contributed by atoms with E-state index in [1.165, 1.54) is 0 Å². The van der Waals surface area contributed by atoms with Gasteiger partial charge in [0.1, 0.15) is 0 Å². The van der Waals surface area contributed by atoms with Crippen LogP contribution in [-0.4, -0.2) is 56.8 Å². The number of hydrogen-bond acceptors (Lipinski definition) is 3. The third kappa shape index (κ3) is 2.72. The second-order valence-electron chi connectivity index (χ2n) is 4.37. The van der Waals surface area contributed by atoms with Crippen LogP contribution < -0.4 is 10.6 Å². The fraction of sp³-hybridized carbons (Fsp3) is 0.900. The molecule has 2 radical (unpaired) electrons. The second kappa shape index (κ2) is 4.99. The zero-order valence-electron chi connectivity index (χ0n) is 9.04. The molecule has 2 saturated heterocycles. The summed E-state index contributed by atoms with van der Waals surface area (Å²) in [5, 5.41) is 6.53. The standard InChI is InChI=1S/C10H18BN3O/c11-9-2-1-5-14(9)10(15)7-13-8-3-4-12-6-8/h8-9,12-13H,1-7H2/t8-,9+/m1/s1. The van der Waals surface area contributed by atoms with Crippen molar-refractivity contribution in [2.24, 2.45) is 0 Å². The zero-order chi connectivity index (χ0) is 10.7. The van der Waals surface area contributed by atoms with Crippen molar-refractivity contribution in [1.29, 1.82) is 0 Å². The maximum absolute atomic E-state index is 11.8. The van der Waals surface area contributed by atoms with Crippen LogP contribution in [-0.2, 0) is 4.79 Å². The van der Waals surface area contributed by atoms with Gasteiger partial charge in [-0.1, -0.05) is 0 Å². The lowest BCUT2D eigenvalue weighted by Crippen LogP contribution is -2.44. The molecule has 0 aromatic carbocycles. The van der Waals surface area contributed by atoms with Gasteiger partial charge in [0.25, 0.3) is 0 Å². The van der Waals surface area contributed by atoms with Crippen LogP contribution in [0.25, 0.3) is 0 Å². The van der Waals surface area contributed by atoms with Crippen molar-refractivity contribution < 1.29 is 4.79 Å². The van der Waals surface area contributed by atoms with Gasteiger partial charge in [-0.25, -0.2) is 0 Å². The third-order valence-corrected chi connectivity index (χ3v) is 3.22. The van der Waals surface area contributed by atoms with Gasteiger partial charge in [-0.15, -0.1) is 0 Å². The van der Waals surface area contributed by atoms with Crippen molar-refractivity contribution in [3.8, 4) is 0 Å². The molecule has 0 aromatic heterocycles. The van der Waals surface area contributed by atoms with Crippen LogP contribution in [0, 0.1) is 0 Å². The molecule has 15 heavy (non-hydrogen) atoms. The molecule has 5 heteroatoms. The molecular weight excluding hydrogens is 189 g/mol. The molecule has 2 heterocycles. The third-order valence-electron chi connectivity index (χ3n) is 3.22. The first-order valence-electron chi connectivity index (χ1n) is 5.76. The molecular formula is C10H18BN3O. The second-order valence-corrected chi connectivity index (χ2v) is 4.37. The van der Waals surface area contributed by atoms with Gasteiger partial charge < -0.3 is 15.5 Å². The molecule has 82 valence electrons. The minimum Gasteiger partial charge on any atom is -0.348 e. The molecule has 2 fully saturated rings. The molecule has 2 aliphatic heterocycles. The van der Waals surface area contributed by atoms with Gasteiger partial charge in [0.15, 0.2) is 0 Å². The van der Waals surface area contributed by atoms with Gasteiger partial charge in [0.05, 0.1) is 14.4 Å². The normalized spacial score (nSPS) is 31.1. The molecule has 0 unspecified atom stereocenters. The van der Waals surface area contributed by atoms with Crippen molar-refractivity contribution in [3.05, 3.63) is 0 Å². The van der Waals surface area contributed by atoms with E-state index in [4.69, 9.17) is 7.85 Å². The van der Waals surface area contributed by atoms with Crippen LogP contribution in [0.2, 0.25) is 0 Å². The van der Waals surface area contributed by atoms with Gasteiger partial charge in [-0.05, 0) is 31.7 Å². The fourth-order valence-electron chi connectivity index (χ4n) is 2.26. The largest absolute Gasteiger partial charge is 0.348 e. The highest BCUT2D eigenvalue weighted by Crippen LogP contribution is 2.13. The lowest BCUT2D eigenvalue weighted by molar-refractivity contribution is -0.129. The number of amides is 1. The maximum atomic E-state index is 11.8. The Hall–Kier alpha value is -0.545. The van der Waals surface area contributed by atoms with Gasteiger partial charge in [0.2, 0.25) is 5.91 Å². The average Bonchev–Trinajstić information content (AvgIpc) is 2.84. The molecule has 0 spiro atoms. The van der Waals surface area contributed by atoms with E-state index in [0.29, 0.717) is 12.6 Å². The molecule has 0 aromatic rings. The van der Waals surface area contributed by atoms with E-state index >= 15 is 0 Å². The quantitative estimate of drug-likeness (QED) is 0.587. The van der Waals surface area contributed by atoms with Gasteiger partial charge in [0, 0.05) is 19.1 Å². The van der Waals surface area contributed by atoms with Gasteiger partial charge in [-0.2, -0.15) is 0 Å². The van der Waals surface area contributed by atoms with E-state index < -0.39 is 0 Å². The van der Waals surface area contributed by atoms with E-state index in [1.807, 2.05) is 0 Å². The minimum absolute atomic E-state index is 0.0546. The summed E-state index contributed by atoms with van der Waals surface area (Å²) in [6.07, 6.45) is 3.09. The Morgan fingerprint density at radius 2 is 2.40 bits per heavy atom. The van der Waals surface area contributed by atoms with Crippen LogP contribution in [0.15, 0.2) is 0 Å². The highest BCUT2D eigenvalue weighted by atomic mass is 16.2. The molecule has 2 aliphatic rings. The fourth-order valence-corrected chi connectivity index (χ4v) is 2.26. The van der Waals surface area contributed by atoms with E-state index in [1.54, 1.807) is 4.90 Å². The summed E-state index contributed by atoms with van der Waals surface area (Å²) in [5.41, 5.74) is 0. The van der Waals surface area contributed by atoms with E-state index in [0.717, 1.165) is 38.9 Å². The first-order valence-corrected chi connectivity index (χ1v) is 5.76. The monoisotopic (exact) mass is 207 g/mol. The van der Waals surface area contributed by atoms with E-state index in [2.05, 4.69) is 10.6 Å². The summed E-state index contributed by atoms with van der Waals surface area (Å²) >= 11 is 0. The van der Waals surface area contributed by atoms with Crippen LogP contribution >= 0.6 is 0 Å². The van der Waals surface area contributed by atoms with E-state index in [-0.39, 0.29) is 11.8 Å². The number of likely N-dealkylation sites (tertiary alicyclic amines) is 1.